The lowest BCUT2D eigenvalue weighted by atomic mass is 10.1. The summed E-state index contributed by atoms with van der Waals surface area (Å²) in [6, 6.07) is 23.3. The average molecular weight is 468 g/mol. The first-order valence-corrected chi connectivity index (χ1v) is 12.3. The van der Waals surface area contributed by atoms with Gasteiger partial charge in [0.25, 0.3) is 0 Å². The number of sulfonamides is 1. The Bertz CT molecular complexity index is 1180. The third kappa shape index (κ3) is 5.58. The number of carbonyl (C=O) groups is 1. The number of carbonyl (C=O) groups excluding carboxylic acids is 1. The van der Waals surface area contributed by atoms with Crippen molar-refractivity contribution < 1.29 is 17.6 Å². The molecule has 1 aliphatic rings. The van der Waals surface area contributed by atoms with E-state index in [0.717, 1.165) is 17.3 Å². The van der Waals surface area contributed by atoms with E-state index >= 15 is 0 Å². The minimum Gasteiger partial charge on any atom is -0.368 e. The number of nitrogens with one attached hydrogen (secondary N) is 1. The summed E-state index contributed by atoms with van der Waals surface area (Å²) in [6.45, 7) is 2.24. The standard InChI is InChI=1S/C25H26FN3O3S/c26-22-13-7-8-14-24(22)33(31,32)27-23(19-20-9-3-1-4-10-20)25(30)29-17-15-28(16-18-29)21-11-5-2-6-12-21/h1-14,23,27H,15-19H2. The monoisotopic (exact) mass is 467 g/mol. The van der Waals surface area contributed by atoms with E-state index in [0.29, 0.717) is 26.2 Å². The molecule has 1 N–H and O–H groups in total. The molecule has 1 saturated heterocycles. The quantitative estimate of drug-likeness (QED) is 0.580. The zero-order chi connectivity index (χ0) is 23.3. The first-order chi connectivity index (χ1) is 15.9. The Morgan fingerprint density at radius 3 is 2.06 bits per heavy atom. The highest BCUT2D eigenvalue weighted by Gasteiger charge is 2.32. The molecule has 3 aromatic carbocycles. The van der Waals surface area contributed by atoms with Crippen molar-refractivity contribution >= 4 is 21.6 Å². The SMILES string of the molecule is O=C(C(Cc1ccccc1)NS(=O)(=O)c1ccccc1F)N1CCN(c2ccccc2)CC1. The number of hydrogen-bond acceptors (Lipinski definition) is 4. The number of hydrogen-bond donors (Lipinski definition) is 1. The molecule has 1 heterocycles. The van der Waals surface area contributed by atoms with Crippen molar-refractivity contribution in [2.24, 2.45) is 0 Å². The fourth-order valence-corrected chi connectivity index (χ4v) is 5.26. The molecule has 1 amide bonds. The van der Waals surface area contributed by atoms with Gasteiger partial charge in [0.05, 0.1) is 0 Å². The second kappa shape index (κ2) is 10.1. The number of benzene rings is 3. The van der Waals surface area contributed by atoms with Crippen LogP contribution >= 0.6 is 0 Å². The Kier molecular flexibility index (Phi) is 7.05. The van der Waals surface area contributed by atoms with Gasteiger partial charge in [-0.3, -0.25) is 4.79 Å². The summed E-state index contributed by atoms with van der Waals surface area (Å²) in [6.07, 6.45) is 0.173. The maximum atomic E-state index is 14.2. The van der Waals surface area contributed by atoms with E-state index in [1.807, 2.05) is 60.7 Å². The van der Waals surface area contributed by atoms with Crippen molar-refractivity contribution in [2.75, 3.05) is 31.1 Å². The van der Waals surface area contributed by atoms with Crippen LogP contribution in [0.4, 0.5) is 10.1 Å². The number of nitrogens with zero attached hydrogens (tertiary/aromatic N) is 2. The molecule has 0 bridgehead atoms. The Morgan fingerprint density at radius 2 is 1.42 bits per heavy atom. The van der Waals surface area contributed by atoms with Gasteiger partial charge in [-0.05, 0) is 36.2 Å². The molecule has 0 saturated carbocycles. The number of amides is 1. The summed E-state index contributed by atoms with van der Waals surface area (Å²) >= 11 is 0. The van der Waals surface area contributed by atoms with E-state index in [-0.39, 0.29) is 12.3 Å². The highest BCUT2D eigenvalue weighted by molar-refractivity contribution is 7.89. The van der Waals surface area contributed by atoms with Gasteiger partial charge in [-0.25, -0.2) is 12.8 Å². The van der Waals surface area contributed by atoms with Crippen LogP contribution in [0, 0.1) is 5.82 Å². The molecule has 1 fully saturated rings. The van der Waals surface area contributed by atoms with E-state index in [2.05, 4.69) is 9.62 Å². The molecule has 1 unspecified atom stereocenters. The van der Waals surface area contributed by atoms with E-state index in [1.54, 1.807) is 4.90 Å². The lowest BCUT2D eigenvalue weighted by Crippen LogP contribution is -2.55. The van der Waals surface area contributed by atoms with Gasteiger partial charge in [0.15, 0.2) is 0 Å². The maximum Gasteiger partial charge on any atom is 0.244 e. The van der Waals surface area contributed by atoms with Crippen molar-refractivity contribution in [3.05, 3.63) is 96.3 Å². The molecule has 0 spiro atoms. The average Bonchev–Trinajstić information content (AvgIpc) is 2.84. The minimum absolute atomic E-state index is 0.173. The summed E-state index contributed by atoms with van der Waals surface area (Å²) in [7, 11) is -4.23. The van der Waals surface area contributed by atoms with E-state index < -0.39 is 26.8 Å². The van der Waals surface area contributed by atoms with Crippen LogP contribution in [-0.2, 0) is 21.2 Å². The van der Waals surface area contributed by atoms with E-state index in [1.165, 1.54) is 18.2 Å². The maximum absolute atomic E-state index is 14.2. The number of anilines is 1. The molecule has 6 nitrogen and oxygen atoms in total. The third-order valence-electron chi connectivity index (χ3n) is 5.72. The van der Waals surface area contributed by atoms with Crippen LogP contribution in [0.2, 0.25) is 0 Å². The van der Waals surface area contributed by atoms with Gasteiger partial charge in [-0.1, -0.05) is 60.7 Å². The van der Waals surface area contributed by atoms with Crippen molar-refractivity contribution in [1.29, 1.82) is 0 Å². The molecule has 1 atom stereocenters. The van der Waals surface area contributed by atoms with Crippen LogP contribution in [0.3, 0.4) is 0 Å². The van der Waals surface area contributed by atoms with Crippen molar-refractivity contribution in [3.63, 3.8) is 0 Å². The third-order valence-corrected chi connectivity index (χ3v) is 7.22. The molecule has 0 aliphatic carbocycles. The van der Waals surface area contributed by atoms with Crippen molar-refractivity contribution in [2.45, 2.75) is 17.4 Å². The van der Waals surface area contributed by atoms with E-state index in [9.17, 15) is 17.6 Å². The molecular formula is C25H26FN3O3S. The van der Waals surface area contributed by atoms with Crippen molar-refractivity contribution in [1.82, 2.24) is 9.62 Å². The second-order valence-corrected chi connectivity index (χ2v) is 9.62. The minimum atomic E-state index is -4.23. The van der Waals surface area contributed by atoms with E-state index in [4.69, 9.17) is 0 Å². The number of halogens is 1. The van der Waals surface area contributed by atoms with Gasteiger partial charge in [0.2, 0.25) is 15.9 Å². The summed E-state index contributed by atoms with van der Waals surface area (Å²) < 4.78 is 42.6. The molecule has 0 radical (unpaired) electrons. The fraction of sp³-hybridized carbons (Fsp3) is 0.240. The smallest absolute Gasteiger partial charge is 0.244 e. The van der Waals surface area contributed by atoms with Crippen LogP contribution in [0.25, 0.3) is 0 Å². The first-order valence-electron chi connectivity index (χ1n) is 10.8. The Hall–Kier alpha value is -3.23. The predicted molar refractivity (Wildman–Crippen MR) is 126 cm³/mol. The first kappa shape index (κ1) is 22.9. The second-order valence-electron chi connectivity index (χ2n) is 7.94. The van der Waals surface area contributed by atoms with Gasteiger partial charge in [-0.2, -0.15) is 4.72 Å². The van der Waals surface area contributed by atoms with Crippen molar-refractivity contribution in [3.8, 4) is 0 Å². The highest BCUT2D eigenvalue weighted by atomic mass is 32.2. The highest BCUT2D eigenvalue weighted by Crippen LogP contribution is 2.18. The number of piperazine rings is 1. The summed E-state index contributed by atoms with van der Waals surface area (Å²) in [4.78, 5) is 16.8. The van der Waals surface area contributed by atoms with Gasteiger partial charge in [-0.15, -0.1) is 0 Å². The lowest BCUT2D eigenvalue weighted by Gasteiger charge is -2.37. The Labute approximate surface area is 193 Å². The lowest BCUT2D eigenvalue weighted by molar-refractivity contribution is -0.133. The van der Waals surface area contributed by atoms with Crippen LogP contribution in [0.15, 0.2) is 89.8 Å². The summed E-state index contributed by atoms with van der Waals surface area (Å²) in [5.41, 5.74) is 1.90. The molecule has 0 aromatic heterocycles. The molecule has 4 rings (SSSR count). The molecule has 33 heavy (non-hydrogen) atoms. The van der Waals surface area contributed by atoms with Crippen LogP contribution < -0.4 is 9.62 Å². The Morgan fingerprint density at radius 1 is 0.848 bits per heavy atom. The zero-order valence-corrected chi connectivity index (χ0v) is 18.9. The van der Waals surface area contributed by atoms with Crippen LogP contribution in [0.1, 0.15) is 5.56 Å². The fourth-order valence-electron chi connectivity index (χ4n) is 3.99. The van der Waals surface area contributed by atoms with Gasteiger partial charge >= 0.3 is 0 Å². The topological polar surface area (TPSA) is 69.7 Å². The van der Waals surface area contributed by atoms with Crippen LogP contribution in [-0.4, -0.2) is 51.4 Å². The summed E-state index contributed by atoms with van der Waals surface area (Å²) in [5, 5.41) is 0. The van der Waals surface area contributed by atoms with Gasteiger partial charge in [0, 0.05) is 31.9 Å². The molecule has 8 heteroatoms. The number of rotatable bonds is 7. The molecule has 172 valence electrons. The predicted octanol–water partition coefficient (Wildman–Crippen LogP) is 3.06. The number of para-hydroxylation sites is 1. The summed E-state index contributed by atoms with van der Waals surface area (Å²) in [5.74, 6) is -1.17. The van der Waals surface area contributed by atoms with Crippen LogP contribution in [0.5, 0.6) is 0 Å². The molecule has 1 aliphatic heterocycles. The normalized spacial score (nSPS) is 15.3. The van der Waals surface area contributed by atoms with Gasteiger partial charge < -0.3 is 9.80 Å². The largest absolute Gasteiger partial charge is 0.368 e. The molecular weight excluding hydrogens is 441 g/mol. The zero-order valence-electron chi connectivity index (χ0n) is 18.1. The molecule has 3 aromatic rings. The van der Waals surface area contributed by atoms with Gasteiger partial charge in [0.1, 0.15) is 16.8 Å². The Balaban J connectivity index is 1.52.